The van der Waals surface area contributed by atoms with E-state index in [-0.39, 0.29) is 17.2 Å². The molecular weight excluding hydrogens is 430 g/mol. The highest BCUT2D eigenvalue weighted by Crippen LogP contribution is 2.26. The van der Waals surface area contributed by atoms with Gasteiger partial charge in [0.2, 0.25) is 0 Å². The maximum absolute atomic E-state index is 12.6. The van der Waals surface area contributed by atoms with Crippen molar-refractivity contribution < 1.29 is 19.4 Å². The van der Waals surface area contributed by atoms with Crippen LogP contribution < -0.4 is 15.0 Å². The van der Waals surface area contributed by atoms with E-state index in [4.69, 9.17) is 4.74 Å². The van der Waals surface area contributed by atoms with Gasteiger partial charge in [-0.3, -0.25) is 9.69 Å². The van der Waals surface area contributed by atoms with Gasteiger partial charge in [-0.15, -0.1) is 0 Å². The molecular formula is C27H29N3O4. The zero-order valence-corrected chi connectivity index (χ0v) is 19.5. The minimum Gasteiger partial charge on any atom is -0.496 e. The van der Waals surface area contributed by atoms with Gasteiger partial charge < -0.3 is 20.1 Å². The zero-order chi connectivity index (χ0) is 24.1. The summed E-state index contributed by atoms with van der Waals surface area (Å²) in [7, 11) is 1.68. The first-order chi connectivity index (χ1) is 16.4. The molecule has 0 unspecified atom stereocenters. The van der Waals surface area contributed by atoms with Gasteiger partial charge in [0, 0.05) is 49.5 Å². The molecule has 0 radical (unpaired) electrons. The van der Waals surface area contributed by atoms with Crippen LogP contribution in [0.4, 0.5) is 11.4 Å². The smallest absolute Gasteiger partial charge is 0.337 e. The van der Waals surface area contributed by atoms with Gasteiger partial charge in [-0.2, -0.15) is 0 Å². The Labute approximate surface area is 199 Å². The van der Waals surface area contributed by atoms with Gasteiger partial charge in [-0.05, 0) is 43.3 Å². The number of aryl methyl sites for hydroxylation is 1. The average molecular weight is 460 g/mol. The number of anilines is 2. The Morgan fingerprint density at radius 3 is 2.44 bits per heavy atom. The molecule has 1 amide bonds. The third-order valence-electron chi connectivity index (χ3n) is 6.09. The predicted octanol–water partition coefficient (Wildman–Crippen LogP) is 4.28. The molecule has 1 heterocycles. The highest BCUT2D eigenvalue weighted by molar-refractivity contribution is 6.08. The number of methoxy groups -OCH3 is 1. The maximum Gasteiger partial charge on any atom is 0.337 e. The van der Waals surface area contributed by atoms with E-state index in [1.54, 1.807) is 37.4 Å². The predicted molar refractivity (Wildman–Crippen MR) is 133 cm³/mol. The lowest BCUT2D eigenvalue weighted by molar-refractivity contribution is 0.0698. The first-order valence-electron chi connectivity index (χ1n) is 11.3. The van der Waals surface area contributed by atoms with Crippen LogP contribution in [0, 0.1) is 6.92 Å². The molecule has 1 aliphatic heterocycles. The Balaban J connectivity index is 1.43. The van der Waals surface area contributed by atoms with E-state index in [9.17, 15) is 14.7 Å². The third kappa shape index (κ3) is 5.38. The Morgan fingerprint density at radius 1 is 0.971 bits per heavy atom. The van der Waals surface area contributed by atoms with Crippen LogP contribution in [0.5, 0.6) is 5.75 Å². The van der Waals surface area contributed by atoms with E-state index in [0.29, 0.717) is 5.56 Å². The van der Waals surface area contributed by atoms with Crippen molar-refractivity contribution in [1.29, 1.82) is 0 Å². The number of carbonyl (C=O) groups is 2. The highest BCUT2D eigenvalue weighted by Gasteiger charge is 2.21. The molecule has 34 heavy (non-hydrogen) atoms. The van der Waals surface area contributed by atoms with Crippen molar-refractivity contribution in [3.05, 3.63) is 89.0 Å². The number of ether oxygens (including phenoxy) is 1. The Morgan fingerprint density at radius 2 is 1.74 bits per heavy atom. The molecule has 4 rings (SSSR count). The van der Waals surface area contributed by atoms with Crippen molar-refractivity contribution in [2.24, 2.45) is 0 Å². The normalized spacial score (nSPS) is 14.0. The number of carbonyl (C=O) groups excluding carboxylic acids is 1. The Kier molecular flexibility index (Phi) is 7.13. The average Bonchev–Trinajstić information content (AvgIpc) is 2.85. The molecule has 0 spiro atoms. The molecule has 0 aliphatic carbocycles. The van der Waals surface area contributed by atoms with E-state index in [2.05, 4.69) is 21.2 Å². The van der Waals surface area contributed by atoms with Crippen molar-refractivity contribution >= 4 is 23.3 Å². The lowest BCUT2D eigenvalue weighted by Gasteiger charge is -2.36. The summed E-state index contributed by atoms with van der Waals surface area (Å²) in [5.74, 6) is -0.514. The second kappa shape index (κ2) is 10.4. The molecule has 0 atom stereocenters. The number of hydrogen-bond donors (Lipinski definition) is 2. The number of hydrogen-bond acceptors (Lipinski definition) is 5. The first kappa shape index (κ1) is 23.3. The fourth-order valence-corrected chi connectivity index (χ4v) is 4.23. The van der Waals surface area contributed by atoms with Crippen molar-refractivity contribution in [2.75, 3.05) is 43.5 Å². The molecule has 3 aromatic rings. The zero-order valence-electron chi connectivity index (χ0n) is 19.5. The van der Waals surface area contributed by atoms with Crippen molar-refractivity contribution in [2.45, 2.75) is 13.5 Å². The quantitative estimate of drug-likeness (QED) is 0.549. The van der Waals surface area contributed by atoms with Gasteiger partial charge in [-0.25, -0.2) is 4.79 Å². The summed E-state index contributed by atoms with van der Waals surface area (Å²) >= 11 is 0. The molecule has 2 N–H and O–H groups in total. The van der Waals surface area contributed by atoms with E-state index in [1.165, 1.54) is 0 Å². The number of piperazine rings is 1. The second-order valence-electron chi connectivity index (χ2n) is 8.43. The summed E-state index contributed by atoms with van der Waals surface area (Å²) in [6.07, 6.45) is 0. The number of nitrogens with one attached hydrogen (secondary N) is 1. The van der Waals surface area contributed by atoms with Crippen LogP contribution in [0.1, 0.15) is 31.8 Å². The van der Waals surface area contributed by atoms with Crippen molar-refractivity contribution in [3.8, 4) is 5.75 Å². The molecule has 1 saturated heterocycles. The molecule has 0 saturated carbocycles. The van der Waals surface area contributed by atoms with Crippen LogP contribution >= 0.6 is 0 Å². The Hall–Kier alpha value is -3.84. The standard InChI is InChI=1S/C27H29N3O4/c1-19-6-5-8-20(16-19)26(31)28-24-11-10-22(17-23(24)27(32)33)30-14-12-29(13-15-30)18-21-7-3-4-9-25(21)34-2/h3-11,16-17H,12-15,18H2,1-2H3,(H,28,31)(H,32,33). The molecule has 0 bridgehead atoms. The number of nitrogens with zero attached hydrogens (tertiary/aromatic N) is 2. The van der Waals surface area contributed by atoms with Crippen LogP contribution in [-0.4, -0.2) is 55.2 Å². The number of rotatable bonds is 7. The molecule has 0 aromatic heterocycles. The molecule has 7 nitrogen and oxygen atoms in total. The summed E-state index contributed by atoms with van der Waals surface area (Å²) in [6.45, 7) is 5.98. The summed E-state index contributed by atoms with van der Waals surface area (Å²) in [6, 6.07) is 20.4. The molecule has 3 aromatic carbocycles. The van der Waals surface area contributed by atoms with E-state index in [1.807, 2.05) is 37.3 Å². The largest absolute Gasteiger partial charge is 0.496 e. The fourth-order valence-electron chi connectivity index (χ4n) is 4.23. The van der Waals surface area contributed by atoms with Gasteiger partial charge in [0.05, 0.1) is 18.4 Å². The number of aromatic carboxylic acids is 1. The minimum atomic E-state index is -1.07. The minimum absolute atomic E-state index is 0.0787. The van der Waals surface area contributed by atoms with E-state index < -0.39 is 5.97 Å². The number of benzene rings is 3. The summed E-state index contributed by atoms with van der Waals surface area (Å²) < 4.78 is 5.46. The van der Waals surface area contributed by atoms with Gasteiger partial charge >= 0.3 is 5.97 Å². The molecule has 7 heteroatoms. The van der Waals surface area contributed by atoms with Crippen LogP contribution in [0.2, 0.25) is 0 Å². The number of carboxylic acids is 1. The first-order valence-corrected chi connectivity index (χ1v) is 11.3. The summed E-state index contributed by atoms with van der Waals surface area (Å²) in [5, 5.41) is 12.5. The second-order valence-corrected chi connectivity index (χ2v) is 8.43. The lowest BCUT2D eigenvalue weighted by Crippen LogP contribution is -2.46. The monoisotopic (exact) mass is 459 g/mol. The van der Waals surface area contributed by atoms with E-state index in [0.717, 1.165) is 55.3 Å². The van der Waals surface area contributed by atoms with Gasteiger partial charge in [-0.1, -0.05) is 35.9 Å². The lowest BCUT2D eigenvalue weighted by atomic mass is 10.1. The van der Waals surface area contributed by atoms with E-state index >= 15 is 0 Å². The van der Waals surface area contributed by atoms with Crippen LogP contribution in [0.15, 0.2) is 66.7 Å². The molecule has 1 aliphatic rings. The number of para-hydroxylation sites is 1. The molecule has 1 fully saturated rings. The van der Waals surface area contributed by atoms with Crippen molar-refractivity contribution in [3.63, 3.8) is 0 Å². The van der Waals surface area contributed by atoms with Gasteiger partial charge in [0.25, 0.3) is 5.91 Å². The topological polar surface area (TPSA) is 82.1 Å². The number of amides is 1. The fraction of sp³-hybridized carbons (Fsp3) is 0.259. The van der Waals surface area contributed by atoms with Gasteiger partial charge in [0.15, 0.2) is 0 Å². The number of carboxylic acid groups (broad SMARTS) is 1. The SMILES string of the molecule is COc1ccccc1CN1CCN(c2ccc(NC(=O)c3cccc(C)c3)c(C(=O)O)c2)CC1. The van der Waals surface area contributed by atoms with Crippen LogP contribution in [-0.2, 0) is 6.54 Å². The summed E-state index contributed by atoms with van der Waals surface area (Å²) in [4.78, 5) is 29.1. The van der Waals surface area contributed by atoms with Crippen LogP contribution in [0.25, 0.3) is 0 Å². The Bertz CT molecular complexity index is 1190. The highest BCUT2D eigenvalue weighted by atomic mass is 16.5. The molecule has 176 valence electrons. The summed E-state index contributed by atoms with van der Waals surface area (Å²) in [5.41, 5.74) is 3.81. The van der Waals surface area contributed by atoms with Crippen molar-refractivity contribution in [1.82, 2.24) is 4.90 Å². The third-order valence-corrected chi connectivity index (χ3v) is 6.09. The van der Waals surface area contributed by atoms with Gasteiger partial charge in [0.1, 0.15) is 5.75 Å². The maximum atomic E-state index is 12.6. The van der Waals surface area contributed by atoms with Crippen LogP contribution in [0.3, 0.4) is 0 Å².